The molecule has 0 radical (unpaired) electrons. The molecule has 0 aliphatic heterocycles. The Balaban J connectivity index is 1.66. The summed E-state index contributed by atoms with van der Waals surface area (Å²) in [6.07, 6.45) is 2.42. The van der Waals surface area contributed by atoms with Crippen molar-refractivity contribution < 1.29 is 9.30 Å². The number of halogens is 1. The largest absolute Gasteiger partial charge is 0.496 e. The van der Waals surface area contributed by atoms with Gasteiger partial charge in [-0.15, -0.1) is 0 Å². The van der Waals surface area contributed by atoms with E-state index < -0.39 is 0 Å². The molecule has 0 spiro atoms. The van der Waals surface area contributed by atoms with Crippen LogP contribution in [-0.4, -0.2) is 22.1 Å². The summed E-state index contributed by atoms with van der Waals surface area (Å²) in [5.74, 6) is 1.04. The molecule has 0 saturated carbocycles. The van der Waals surface area contributed by atoms with E-state index in [9.17, 15) is 5.26 Å². The fourth-order valence-electron chi connectivity index (χ4n) is 3.06. The molecule has 0 bridgehead atoms. The number of benzene rings is 2. The third-order valence-electron chi connectivity index (χ3n) is 4.61. The minimum absolute atomic E-state index is 0.371. The van der Waals surface area contributed by atoms with Crippen molar-refractivity contribution in [2.45, 2.75) is 23.0 Å². The van der Waals surface area contributed by atoms with E-state index in [1.165, 1.54) is 11.8 Å². The number of nitrogen functional groups attached to an aromatic ring is 1. The van der Waals surface area contributed by atoms with E-state index in [0.717, 1.165) is 21.9 Å². The highest BCUT2D eigenvalue weighted by Crippen LogP contribution is 2.35. The normalized spacial score (nSPS) is 10.8. The Kier molecular flexibility index (Phi) is 5.74. The quantitative estimate of drug-likeness (QED) is 0.445. The minimum Gasteiger partial charge on any atom is -0.496 e. The number of methoxy groups -OCH3 is 1. The molecule has 2 aromatic carbocycles. The van der Waals surface area contributed by atoms with Crippen LogP contribution in [0.5, 0.6) is 5.75 Å². The zero-order valence-electron chi connectivity index (χ0n) is 16.1. The van der Waals surface area contributed by atoms with Crippen molar-refractivity contribution in [2.75, 3.05) is 12.8 Å². The summed E-state index contributed by atoms with van der Waals surface area (Å²) in [5.41, 5.74) is 9.04. The number of hydrogen-bond donors (Lipinski definition) is 2. The second-order valence-corrected chi connectivity index (χ2v) is 7.92. The summed E-state index contributed by atoms with van der Waals surface area (Å²) >= 11 is 7.64. The van der Waals surface area contributed by atoms with Gasteiger partial charge in [-0.2, -0.15) is 5.26 Å². The average molecular weight is 438 g/mol. The Morgan fingerprint density at radius 3 is 2.90 bits per heavy atom. The van der Waals surface area contributed by atoms with Gasteiger partial charge in [0.05, 0.1) is 30.2 Å². The van der Waals surface area contributed by atoms with Gasteiger partial charge < -0.3 is 15.5 Å². The first kappa shape index (κ1) is 20.0. The Morgan fingerprint density at radius 2 is 2.13 bits per heavy atom. The van der Waals surface area contributed by atoms with Crippen molar-refractivity contribution in [1.29, 1.82) is 5.26 Å². The molecule has 0 atom stereocenters. The van der Waals surface area contributed by atoms with E-state index in [1.807, 2.05) is 28.8 Å². The van der Waals surface area contributed by atoms with Gasteiger partial charge in [-0.25, -0.2) is 4.57 Å². The van der Waals surface area contributed by atoms with Crippen molar-refractivity contribution >= 4 is 40.3 Å². The summed E-state index contributed by atoms with van der Waals surface area (Å²) in [7, 11) is 1.59. The van der Waals surface area contributed by atoms with E-state index in [1.54, 1.807) is 31.6 Å². The lowest BCUT2D eigenvalue weighted by molar-refractivity contribution is -0.675. The second kappa shape index (κ2) is 8.61. The lowest BCUT2D eigenvalue weighted by atomic mass is 10.1. The summed E-state index contributed by atoms with van der Waals surface area (Å²) in [6, 6.07) is 15.2. The van der Waals surface area contributed by atoms with Crippen molar-refractivity contribution in [3.63, 3.8) is 0 Å². The molecule has 30 heavy (non-hydrogen) atoms. The highest BCUT2D eigenvalue weighted by molar-refractivity contribution is 7.99. The number of nitrogens with zero attached hydrogens (tertiary/aromatic N) is 4. The topological polar surface area (TPSA) is 104 Å². The lowest BCUT2D eigenvalue weighted by Gasteiger charge is -2.05. The van der Waals surface area contributed by atoms with Gasteiger partial charge in [-0.3, -0.25) is 0 Å². The first-order valence-electron chi connectivity index (χ1n) is 9.12. The molecular weight excluding hydrogens is 420 g/mol. The number of ether oxygens (including phenoxy) is 1. The monoisotopic (exact) mass is 437 g/mol. The van der Waals surface area contributed by atoms with Gasteiger partial charge in [-0.1, -0.05) is 39.8 Å². The van der Waals surface area contributed by atoms with E-state index in [2.05, 4.69) is 16.0 Å². The van der Waals surface area contributed by atoms with Gasteiger partial charge in [-0.05, 0) is 41.6 Å². The van der Waals surface area contributed by atoms with Crippen LogP contribution in [0.2, 0.25) is 5.02 Å². The molecule has 0 amide bonds. The number of rotatable bonds is 6. The second-order valence-electron chi connectivity index (χ2n) is 6.48. The molecule has 9 heteroatoms. The molecule has 4 aromatic rings. The molecule has 0 aliphatic rings. The van der Waals surface area contributed by atoms with Gasteiger partial charge >= 0.3 is 0 Å². The van der Waals surface area contributed by atoms with Gasteiger partial charge in [0.2, 0.25) is 17.3 Å². The molecule has 3 N–H and O–H groups in total. The zero-order chi connectivity index (χ0) is 21.1. The number of H-pyrrole nitrogens is 1. The summed E-state index contributed by atoms with van der Waals surface area (Å²) in [6.45, 7) is 0.649. The number of nitrogens with one attached hydrogen (secondary N) is 1. The molecule has 7 nitrogen and oxygen atoms in total. The Labute approximate surface area is 182 Å². The number of aromatic amines is 1. The van der Waals surface area contributed by atoms with Crippen LogP contribution >= 0.6 is 23.4 Å². The molecule has 0 unspecified atom stereocenters. The third-order valence-corrected chi connectivity index (χ3v) is 5.90. The van der Waals surface area contributed by atoms with Crippen LogP contribution in [-0.2, 0) is 13.0 Å². The van der Waals surface area contributed by atoms with Crippen molar-refractivity contribution in [1.82, 2.24) is 15.0 Å². The van der Waals surface area contributed by atoms with Gasteiger partial charge in [0.25, 0.3) is 5.65 Å². The van der Waals surface area contributed by atoms with Crippen LogP contribution < -0.4 is 15.0 Å². The third kappa shape index (κ3) is 4.03. The lowest BCUT2D eigenvalue weighted by Crippen LogP contribution is -2.36. The predicted octanol–water partition coefficient (Wildman–Crippen LogP) is 3.76. The fraction of sp³-hybridized carbons (Fsp3) is 0.143. The molecule has 2 heterocycles. The number of nitrogens with two attached hydrogens (primary N) is 1. The Hall–Kier alpha value is -3.28. The van der Waals surface area contributed by atoms with Crippen molar-refractivity contribution in [2.24, 2.45) is 0 Å². The molecule has 4 rings (SSSR count). The minimum atomic E-state index is 0.371. The van der Waals surface area contributed by atoms with Crippen LogP contribution in [0.25, 0.3) is 11.2 Å². The highest BCUT2D eigenvalue weighted by Gasteiger charge is 2.20. The number of anilines is 1. The van der Waals surface area contributed by atoms with Gasteiger partial charge in [0, 0.05) is 11.4 Å². The van der Waals surface area contributed by atoms with E-state index in [-0.39, 0.29) is 0 Å². The number of hydrogen-bond acceptors (Lipinski definition) is 6. The number of aryl methyl sites for hydroxylation is 2. The number of fused-ring (bicyclic) bond motifs is 1. The molecular formula is C21H18ClN6OS+. The van der Waals surface area contributed by atoms with Crippen LogP contribution in [0, 0.1) is 11.3 Å². The molecule has 0 saturated heterocycles. The standard InChI is InChI=1S/C21H17ClN6OS/c1-29-16-7-6-13(11-23)10-17(16)30-21-26-18-19(24)25-12-28(20(18)27-21)9-8-14-4-2-3-5-15(14)22/h2-7,10,12H,8-9H2,1H3,(H2,24,26,27)/p+1. The van der Waals surface area contributed by atoms with E-state index >= 15 is 0 Å². The number of imidazole rings is 1. The van der Waals surface area contributed by atoms with Crippen LogP contribution in [0.4, 0.5) is 5.82 Å². The van der Waals surface area contributed by atoms with Gasteiger partial charge in [0.1, 0.15) is 5.75 Å². The smallest absolute Gasteiger partial charge is 0.294 e. The van der Waals surface area contributed by atoms with E-state index in [0.29, 0.717) is 40.0 Å². The maximum absolute atomic E-state index is 9.19. The summed E-state index contributed by atoms with van der Waals surface area (Å²) < 4.78 is 7.35. The Morgan fingerprint density at radius 1 is 1.30 bits per heavy atom. The van der Waals surface area contributed by atoms with Crippen LogP contribution in [0.15, 0.2) is 58.8 Å². The number of aromatic nitrogens is 4. The van der Waals surface area contributed by atoms with Crippen molar-refractivity contribution in [3.05, 3.63) is 64.9 Å². The van der Waals surface area contributed by atoms with Crippen LogP contribution in [0.3, 0.4) is 0 Å². The number of nitriles is 1. The first-order valence-corrected chi connectivity index (χ1v) is 10.3. The predicted molar refractivity (Wildman–Crippen MR) is 115 cm³/mol. The fourth-order valence-corrected chi connectivity index (χ4v) is 4.23. The highest BCUT2D eigenvalue weighted by atomic mass is 35.5. The molecule has 0 fully saturated rings. The SMILES string of the molecule is COc1ccc(C#N)cc1Sc1nc2c([nH]1)c(N)nc[n+]2CCc1ccccc1Cl. The molecule has 150 valence electrons. The summed E-state index contributed by atoms with van der Waals surface area (Å²) in [5, 5.41) is 10.6. The van der Waals surface area contributed by atoms with Gasteiger partial charge in [0.15, 0.2) is 5.52 Å². The average Bonchev–Trinajstić information content (AvgIpc) is 3.19. The first-order chi connectivity index (χ1) is 14.6. The Bertz CT molecular complexity index is 1270. The summed E-state index contributed by atoms with van der Waals surface area (Å²) in [4.78, 5) is 13.0. The zero-order valence-corrected chi connectivity index (χ0v) is 17.7. The maximum atomic E-state index is 9.19. The van der Waals surface area contributed by atoms with Crippen molar-refractivity contribution in [3.8, 4) is 11.8 Å². The molecule has 0 aliphatic carbocycles. The van der Waals surface area contributed by atoms with Crippen LogP contribution in [0.1, 0.15) is 11.1 Å². The molecule has 2 aromatic heterocycles. The maximum Gasteiger partial charge on any atom is 0.294 e. The van der Waals surface area contributed by atoms with E-state index in [4.69, 9.17) is 27.1 Å².